The monoisotopic (exact) mass is 217 g/mol. The SMILES string of the molecule is C=C(NC(C)CCC)c1ccc(C)c(C)c1. The van der Waals surface area contributed by atoms with Gasteiger partial charge in [0.2, 0.25) is 0 Å². The van der Waals surface area contributed by atoms with Crippen LogP contribution in [0, 0.1) is 13.8 Å². The van der Waals surface area contributed by atoms with Crippen molar-refractivity contribution in [1.82, 2.24) is 5.32 Å². The number of rotatable bonds is 5. The number of aryl methyl sites for hydroxylation is 2. The molecule has 0 aliphatic carbocycles. The van der Waals surface area contributed by atoms with Crippen LogP contribution in [-0.4, -0.2) is 6.04 Å². The molecule has 0 aliphatic heterocycles. The van der Waals surface area contributed by atoms with Crippen molar-refractivity contribution in [2.45, 2.75) is 46.6 Å². The first-order valence-electron chi connectivity index (χ1n) is 6.07. The highest BCUT2D eigenvalue weighted by Crippen LogP contribution is 2.15. The van der Waals surface area contributed by atoms with Crippen LogP contribution in [0.25, 0.3) is 5.70 Å². The molecule has 1 heteroatoms. The largest absolute Gasteiger partial charge is 0.383 e. The Kier molecular flexibility index (Phi) is 4.60. The fraction of sp³-hybridized carbons (Fsp3) is 0.467. The lowest BCUT2D eigenvalue weighted by Gasteiger charge is -2.17. The summed E-state index contributed by atoms with van der Waals surface area (Å²) in [5.41, 5.74) is 4.89. The maximum atomic E-state index is 4.11. The average Bonchev–Trinajstić information content (AvgIpc) is 2.22. The van der Waals surface area contributed by atoms with Gasteiger partial charge < -0.3 is 5.32 Å². The van der Waals surface area contributed by atoms with Gasteiger partial charge in [-0.05, 0) is 49.9 Å². The van der Waals surface area contributed by atoms with Crippen LogP contribution < -0.4 is 5.32 Å². The minimum atomic E-state index is 0.499. The molecule has 1 aromatic carbocycles. The van der Waals surface area contributed by atoms with Crippen molar-refractivity contribution in [1.29, 1.82) is 0 Å². The standard InChI is InChI=1S/C15H23N/c1-6-7-13(4)16-14(5)15-9-8-11(2)12(3)10-15/h8-10,13,16H,5-7H2,1-4H3. The van der Waals surface area contributed by atoms with Crippen LogP contribution in [0.3, 0.4) is 0 Å². The molecule has 1 unspecified atom stereocenters. The minimum absolute atomic E-state index is 0.499. The molecule has 1 rings (SSSR count). The Morgan fingerprint density at radius 3 is 2.56 bits per heavy atom. The third-order valence-electron chi connectivity index (χ3n) is 3.00. The molecule has 1 N–H and O–H groups in total. The fourth-order valence-electron chi connectivity index (χ4n) is 1.82. The van der Waals surface area contributed by atoms with E-state index in [9.17, 15) is 0 Å². The Bertz CT molecular complexity index is 366. The van der Waals surface area contributed by atoms with Crippen molar-refractivity contribution in [2.24, 2.45) is 0 Å². The summed E-state index contributed by atoms with van der Waals surface area (Å²) in [5.74, 6) is 0. The van der Waals surface area contributed by atoms with Crippen LogP contribution >= 0.6 is 0 Å². The Morgan fingerprint density at radius 2 is 2.00 bits per heavy atom. The van der Waals surface area contributed by atoms with E-state index in [0.29, 0.717) is 6.04 Å². The second-order valence-corrected chi connectivity index (χ2v) is 4.61. The predicted octanol–water partition coefficient (Wildman–Crippen LogP) is 4.05. The minimum Gasteiger partial charge on any atom is -0.383 e. The Morgan fingerprint density at radius 1 is 1.31 bits per heavy atom. The van der Waals surface area contributed by atoms with E-state index in [0.717, 1.165) is 5.70 Å². The third-order valence-corrected chi connectivity index (χ3v) is 3.00. The van der Waals surface area contributed by atoms with Gasteiger partial charge in [0.1, 0.15) is 0 Å². The van der Waals surface area contributed by atoms with Gasteiger partial charge in [-0.25, -0.2) is 0 Å². The van der Waals surface area contributed by atoms with E-state index in [1.165, 1.54) is 29.5 Å². The van der Waals surface area contributed by atoms with Gasteiger partial charge in [0, 0.05) is 11.7 Å². The van der Waals surface area contributed by atoms with Crippen LogP contribution in [0.1, 0.15) is 43.4 Å². The smallest absolute Gasteiger partial charge is 0.0342 e. The first-order chi connectivity index (χ1) is 7.54. The summed E-state index contributed by atoms with van der Waals surface area (Å²) in [7, 11) is 0. The molecule has 0 saturated carbocycles. The summed E-state index contributed by atoms with van der Waals surface area (Å²) in [6.45, 7) is 12.8. The molecule has 0 amide bonds. The Hall–Kier alpha value is -1.24. The molecule has 16 heavy (non-hydrogen) atoms. The highest BCUT2D eigenvalue weighted by molar-refractivity contribution is 5.63. The fourth-order valence-corrected chi connectivity index (χ4v) is 1.82. The summed E-state index contributed by atoms with van der Waals surface area (Å²) in [6.07, 6.45) is 2.39. The zero-order chi connectivity index (χ0) is 12.1. The van der Waals surface area contributed by atoms with Crippen molar-refractivity contribution in [2.75, 3.05) is 0 Å². The van der Waals surface area contributed by atoms with Crippen LogP contribution in [-0.2, 0) is 0 Å². The summed E-state index contributed by atoms with van der Waals surface area (Å²) in [4.78, 5) is 0. The summed E-state index contributed by atoms with van der Waals surface area (Å²) in [5, 5.41) is 3.45. The van der Waals surface area contributed by atoms with Crippen LogP contribution in [0.2, 0.25) is 0 Å². The van der Waals surface area contributed by atoms with Gasteiger partial charge in [-0.2, -0.15) is 0 Å². The summed E-state index contributed by atoms with van der Waals surface area (Å²) >= 11 is 0. The van der Waals surface area contributed by atoms with Gasteiger partial charge >= 0.3 is 0 Å². The number of benzene rings is 1. The normalized spacial score (nSPS) is 12.2. The lowest BCUT2D eigenvalue weighted by atomic mass is 10.0. The molecular weight excluding hydrogens is 194 g/mol. The molecule has 0 heterocycles. The van der Waals surface area contributed by atoms with Crippen molar-refractivity contribution in [3.05, 3.63) is 41.5 Å². The first-order valence-corrected chi connectivity index (χ1v) is 6.07. The molecule has 0 fully saturated rings. The second-order valence-electron chi connectivity index (χ2n) is 4.61. The van der Waals surface area contributed by atoms with Gasteiger partial charge in [-0.3, -0.25) is 0 Å². The van der Waals surface area contributed by atoms with Crippen LogP contribution in [0.5, 0.6) is 0 Å². The Balaban J connectivity index is 2.69. The molecule has 1 nitrogen and oxygen atoms in total. The number of hydrogen-bond acceptors (Lipinski definition) is 1. The van der Waals surface area contributed by atoms with E-state index in [1.54, 1.807) is 0 Å². The van der Waals surface area contributed by atoms with E-state index in [4.69, 9.17) is 0 Å². The van der Waals surface area contributed by atoms with Crippen molar-refractivity contribution >= 4 is 5.70 Å². The lowest BCUT2D eigenvalue weighted by molar-refractivity contribution is 0.587. The molecule has 0 aromatic heterocycles. The zero-order valence-corrected chi connectivity index (χ0v) is 10.9. The van der Waals surface area contributed by atoms with E-state index >= 15 is 0 Å². The first kappa shape index (κ1) is 12.8. The Labute approximate surface area is 99.6 Å². The zero-order valence-electron chi connectivity index (χ0n) is 10.9. The molecule has 88 valence electrons. The molecule has 0 radical (unpaired) electrons. The van der Waals surface area contributed by atoms with Crippen molar-refractivity contribution in [3.8, 4) is 0 Å². The predicted molar refractivity (Wildman–Crippen MR) is 72.5 cm³/mol. The molecule has 1 aromatic rings. The average molecular weight is 217 g/mol. The summed E-state index contributed by atoms with van der Waals surface area (Å²) in [6, 6.07) is 6.99. The van der Waals surface area contributed by atoms with Crippen LogP contribution in [0.4, 0.5) is 0 Å². The van der Waals surface area contributed by atoms with Gasteiger partial charge in [0.05, 0.1) is 0 Å². The molecule has 0 aliphatic rings. The number of nitrogens with one attached hydrogen (secondary N) is 1. The highest BCUT2D eigenvalue weighted by atomic mass is 14.9. The van der Waals surface area contributed by atoms with Crippen molar-refractivity contribution in [3.63, 3.8) is 0 Å². The van der Waals surface area contributed by atoms with Gasteiger partial charge in [-0.15, -0.1) is 0 Å². The molecule has 0 saturated heterocycles. The maximum Gasteiger partial charge on any atom is 0.0342 e. The van der Waals surface area contributed by atoms with E-state index in [1.807, 2.05) is 0 Å². The molecular formula is C15H23N. The molecule has 0 bridgehead atoms. The topological polar surface area (TPSA) is 12.0 Å². The quantitative estimate of drug-likeness (QED) is 0.784. The second kappa shape index (κ2) is 5.74. The van der Waals surface area contributed by atoms with Gasteiger partial charge in [0.25, 0.3) is 0 Å². The van der Waals surface area contributed by atoms with E-state index in [2.05, 4.69) is 57.8 Å². The molecule has 0 spiro atoms. The van der Waals surface area contributed by atoms with E-state index in [-0.39, 0.29) is 0 Å². The highest BCUT2D eigenvalue weighted by Gasteiger charge is 2.04. The van der Waals surface area contributed by atoms with Crippen LogP contribution in [0.15, 0.2) is 24.8 Å². The van der Waals surface area contributed by atoms with E-state index < -0.39 is 0 Å². The van der Waals surface area contributed by atoms with Gasteiger partial charge in [0.15, 0.2) is 0 Å². The van der Waals surface area contributed by atoms with Gasteiger partial charge in [-0.1, -0.05) is 32.1 Å². The van der Waals surface area contributed by atoms with Crippen molar-refractivity contribution < 1.29 is 0 Å². The maximum absolute atomic E-state index is 4.11. The number of hydrogen-bond donors (Lipinski definition) is 1. The third kappa shape index (κ3) is 3.41. The summed E-state index contributed by atoms with van der Waals surface area (Å²) < 4.78 is 0. The lowest BCUT2D eigenvalue weighted by Crippen LogP contribution is -2.23. The molecule has 1 atom stereocenters.